The van der Waals surface area contributed by atoms with Gasteiger partial charge in [-0.25, -0.2) is 4.99 Å². The Kier molecular flexibility index (Phi) is 2.99. The molecule has 3 heteroatoms. The summed E-state index contributed by atoms with van der Waals surface area (Å²) in [6.07, 6.45) is 3.78. The summed E-state index contributed by atoms with van der Waals surface area (Å²) in [5.74, 6) is 0.604. The van der Waals surface area contributed by atoms with E-state index in [4.69, 9.17) is 4.74 Å². The minimum atomic E-state index is 0.604. The maximum absolute atomic E-state index is 5.37. The molecular weight excluding hydrogens is 212 g/mol. The van der Waals surface area contributed by atoms with Crippen LogP contribution in [0.3, 0.4) is 0 Å². The molecule has 0 aromatic heterocycles. The van der Waals surface area contributed by atoms with Crippen molar-refractivity contribution in [1.82, 2.24) is 5.32 Å². The summed E-state index contributed by atoms with van der Waals surface area (Å²) in [6.45, 7) is 2.46. The smallest absolute Gasteiger partial charge is 0.284 e. The Morgan fingerprint density at radius 1 is 1.35 bits per heavy atom. The molecule has 0 fully saturated rings. The highest BCUT2D eigenvalue weighted by atomic mass is 16.5. The van der Waals surface area contributed by atoms with Gasteiger partial charge in [-0.3, -0.25) is 0 Å². The highest BCUT2D eigenvalue weighted by molar-refractivity contribution is 5.74. The number of aryl methyl sites for hydroxylation is 1. The molecule has 1 heterocycles. The molecule has 2 aliphatic rings. The largest absolute Gasteiger partial charge is 0.463 e. The number of benzene rings is 1. The predicted molar refractivity (Wildman–Crippen MR) is 68.4 cm³/mol. The van der Waals surface area contributed by atoms with Gasteiger partial charge in [-0.15, -0.1) is 0 Å². The number of amidine groups is 1. The lowest BCUT2D eigenvalue weighted by molar-refractivity contribution is 0.329. The van der Waals surface area contributed by atoms with E-state index >= 15 is 0 Å². The fourth-order valence-corrected chi connectivity index (χ4v) is 2.72. The van der Waals surface area contributed by atoms with Crippen LogP contribution < -0.4 is 5.32 Å². The van der Waals surface area contributed by atoms with Gasteiger partial charge in [0.15, 0.2) is 0 Å². The second-order valence-corrected chi connectivity index (χ2v) is 4.70. The van der Waals surface area contributed by atoms with Gasteiger partial charge in [-0.1, -0.05) is 24.3 Å². The molecule has 0 amide bonds. The van der Waals surface area contributed by atoms with Crippen LogP contribution in [0, 0.1) is 0 Å². The van der Waals surface area contributed by atoms with E-state index in [1.807, 2.05) is 0 Å². The molecule has 1 atom stereocenters. The predicted octanol–water partition coefficient (Wildman–Crippen LogP) is 2.08. The van der Waals surface area contributed by atoms with E-state index < -0.39 is 0 Å². The highest BCUT2D eigenvalue weighted by Crippen LogP contribution is 2.30. The molecule has 0 saturated carbocycles. The standard InChI is InChI=1S/C14H18N2O/c1-2-7-13-11(4-1)5-3-6-12(13)10-16-14-15-8-9-17-14/h1-2,4,7,12H,3,5-6,8-10H2,(H,15,16). The minimum absolute atomic E-state index is 0.604. The number of hydrogen-bond donors (Lipinski definition) is 1. The van der Waals surface area contributed by atoms with Crippen LogP contribution in [0.1, 0.15) is 29.9 Å². The van der Waals surface area contributed by atoms with Crippen molar-refractivity contribution in [1.29, 1.82) is 0 Å². The van der Waals surface area contributed by atoms with Crippen molar-refractivity contribution in [3.8, 4) is 0 Å². The van der Waals surface area contributed by atoms with E-state index in [1.54, 1.807) is 0 Å². The fourth-order valence-electron chi connectivity index (χ4n) is 2.72. The lowest BCUT2D eigenvalue weighted by atomic mass is 9.83. The molecule has 3 rings (SSSR count). The SMILES string of the molecule is c1ccc2c(c1)CCCC2CNC1=NCCO1. The van der Waals surface area contributed by atoms with Crippen LogP contribution in [0.5, 0.6) is 0 Å². The molecule has 1 aromatic rings. The second kappa shape index (κ2) is 4.78. The van der Waals surface area contributed by atoms with Gasteiger partial charge in [0, 0.05) is 12.5 Å². The van der Waals surface area contributed by atoms with Crippen molar-refractivity contribution in [2.45, 2.75) is 25.2 Å². The summed E-state index contributed by atoms with van der Waals surface area (Å²) >= 11 is 0. The number of hydrogen-bond acceptors (Lipinski definition) is 3. The average Bonchev–Trinajstić information content (AvgIpc) is 2.89. The number of nitrogens with zero attached hydrogens (tertiary/aromatic N) is 1. The van der Waals surface area contributed by atoms with Gasteiger partial charge in [0.25, 0.3) is 6.02 Å². The first-order chi connectivity index (χ1) is 8.43. The Morgan fingerprint density at radius 3 is 3.18 bits per heavy atom. The lowest BCUT2D eigenvalue weighted by Crippen LogP contribution is -2.30. The van der Waals surface area contributed by atoms with E-state index in [0.717, 1.165) is 25.7 Å². The quantitative estimate of drug-likeness (QED) is 0.844. The van der Waals surface area contributed by atoms with Crippen molar-refractivity contribution in [2.24, 2.45) is 4.99 Å². The number of nitrogens with one attached hydrogen (secondary N) is 1. The molecule has 1 aliphatic carbocycles. The van der Waals surface area contributed by atoms with Crippen LogP contribution in [0.15, 0.2) is 29.3 Å². The van der Waals surface area contributed by atoms with Gasteiger partial charge in [0.05, 0.1) is 6.54 Å². The molecule has 0 bridgehead atoms. The summed E-state index contributed by atoms with van der Waals surface area (Å²) in [4.78, 5) is 4.26. The molecule has 1 N–H and O–H groups in total. The molecule has 1 unspecified atom stereocenters. The topological polar surface area (TPSA) is 33.6 Å². The summed E-state index contributed by atoms with van der Waals surface area (Å²) in [6, 6.07) is 9.52. The third-order valence-electron chi connectivity index (χ3n) is 3.58. The molecular formula is C14H18N2O. The Morgan fingerprint density at radius 2 is 2.29 bits per heavy atom. The summed E-state index contributed by atoms with van der Waals surface area (Å²) in [7, 11) is 0. The lowest BCUT2D eigenvalue weighted by Gasteiger charge is -2.25. The van der Waals surface area contributed by atoms with Crippen LogP contribution in [-0.2, 0) is 11.2 Å². The minimum Gasteiger partial charge on any atom is -0.463 e. The first-order valence-corrected chi connectivity index (χ1v) is 6.42. The third-order valence-corrected chi connectivity index (χ3v) is 3.58. The number of fused-ring (bicyclic) bond motifs is 1. The summed E-state index contributed by atoms with van der Waals surface area (Å²) < 4.78 is 5.37. The van der Waals surface area contributed by atoms with Gasteiger partial charge in [0.2, 0.25) is 0 Å². The van der Waals surface area contributed by atoms with E-state index in [2.05, 4.69) is 34.6 Å². The molecule has 0 saturated heterocycles. The van der Waals surface area contributed by atoms with Crippen molar-refractivity contribution in [3.05, 3.63) is 35.4 Å². The van der Waals surface area contributed by atoms with Gasteiger partial charge < -0.3 is 10.1 Å². The Balaban J connectivity index is 1.68. The summed E-state index contributed by atoms with van der Waals surface area (Å²) in [5.41, 5.74) is 3.02. The van der Waals surface area contributed by atoms with Crippen LogP contribution in [-0.4, -0.2) is 25.7 Å². The normalized spacial score (nSPS) is 22.6. The molecule has 17 heavy (non-hydrogen) atoms. The van der Waals surface area contributed by atoms with Gasteiger partial charge >= 0.3 is 0 Å². The van der Waals surface area contributed by atoms with E-state index in [1.165, 1.54) is 30.4 Å². The van der Waals surface area contributed by atoms with Crippen molar-refractivity contribution in [3.63, 3.8) is 0 Å². The maximum atomic E-state index is 5.37. The van der Waals surface area contributed by atoms with Crippen LogP contribution in [0.4, 0.5) is 0 Å². The Hall–Kier alpha value is -1.51. The first-order valence-electron chi connectivity index (χ1n) is 6.42. The Bertz CT molecular complexity index is 428. The zero-order valence-electron chi connectivity index (χ0n) is 9.98. The second-order valence-electron chi connectivity index (χ2n) is 4.70. The number of rotatable bonds is 2. The van der Waals surface area contributed by atoms with Crippen molar-refractivity contribution >= 4 is 6.02 Å². The van der Waals surface area contributed by atoms with E-state index in [0.29, 0.717) is 5.92 Å². The number of aliphatic imine (C=N–C) groups is 1. The van der Waals surface area contributed by atoms with Gasteiger partial charge in [0.1, 0.15) is 6.61 Å². The molecule has 0 radical (unpaired) electrons. The monoisotopic (exact) mass is 230 g/mol. The van der Waals surface area contributed by atoms with Crippen LogP contribution in [0.2, 0.25) is 0 Å². The Labute approximate surface area is 102 Å². The van der Waals surface area contributed by atoms with Gasteiger partial charge in [-0.05, 0) is 30.4 Å². The van der Waals surface area contributed by atoms with Crippen LogP contribution >= 0.6 is 0 Å². The summed E-state index contributed by atoms with van der Waals surface area (Å²) in [5, 5.41) is 3.32. The van der Waals surface area contributed by atoms with Crippen LogP contribution in [0.25, 0.3) is 0 Å². The average molecular weight is 230 g/mol. The molecule has 0 spiro atoms. The number of ether oxygens (including phenoxy) is 1. The molecule has 1 aliphatic heterocycles. The zero-order chi connectivity index (χ0) is 11.5. The zero-order valence-corrected chi connectivity index (χ0v) is 9.98. The van der Waals surface area contributed by atoms with Gasteiger partial charge in [-0.2, -0.15) is 0 Å². The first kappa shape index (κ1) is 10.6. The highest BCUT2D eigenvalue weighted by Gasteiger charge is 2.20. The molecule has 3 nitrogen and oxygen atoms in total. The maximum Gasteiger partial charge on any atom is 0.284 e. The molecule has 1 aromatic carbocycles. The van der Waals surface area contributed by atoms with Crippen molar-refractivity contribution in [2.75, 3.05) is 19.7 Å². The molecule has 90 valence electrons. The van der Waals surface area contributed by atoms with E-state index in [-0.39, 0.29) is 0 Å². The fraction of sp³-hybridized carbons (Fsp3) is 0.500. The van der Waals surface area contributed by atoms with Crippen molar-refractivity contribution < 1.29 is 4.74 Å². The van der Waals surface area contributed by atoms with E-state index in [9.17, 15) is 0 Å². The third kappa shape index (κ3) is 2.28.